The molecular weight excluding hydrogens is 524 g/mol. The molecule has 4 N–H and O–H groups in total. The van der Waals surface area contributed by atoms with E-state index in [-0.39, 0.29) is 32.3 Å². The van der Waals surface area contributed by atoms with Crippen LogP contribution in [-0.4, -0.2) is 64.2 Å². The summed E-state index contributed by atoms with van der Waals surface area (Å²) in [4.78, 5) is -0.198. The van der Waals surface area contributed by atoms with Crippen molar-refractivity contribution < 1.29 is 43.1 Å². The fraction of sp³-hybridized carbons (Fsp3) is 0.400. The normalized spacial score (nSPS) is 12.5. The summed E-state index contributed by atoms with van der Waals surface area (Å²) in [6.45, 7) is 1.47. The highest BCUT2D eigenvalue weighted by molar-refractivity contribution is 7.91. The van der Waals surface area contributed by atoms with Crippen LogP contribution in [0.5, 0.6) is 11.5 Å². The van der Waals surface area contributed by atoms with Crippen LogP contribution < -0.4 is 20.9 Å². The standard InChI is InChI=1S/C20H28N2O10S3/c1-13-17(7-5-15(29-3)19(13)21)33(23,24)11-9-31-35(27,28)32-10-12-34(25,26)18-8-6-16(30-4)20(22)14(18)2/h5-8H,9-12,21-22H2,1-4H3. The van der Waals surface area contributed by atoms with Gasteiger partial charge in [0.15, 0.2) is 19.7 Å². The fourth-order valence-corrected chi connectivity index (χ4v) is 6.75. The molecule has 0 fully saturated rings. The molecule has 0 atom stereocenters. The van der Waals surface area contributed by atoms with Crippen molar-refractivity contribution in [3.05, 3.63) is 35.4 Å². The average molecular weight is 553 g/mol. The summed E-state index contributed by atoms with van der Waals surface area (Å²) < 4.78 is 93.5. The second-order valence-corrected chi connectivity index (χ2v) is 12.7. The Balaban J connectivity index is 1.98. The van der Waals surface area contributed by atoms with Crippen LogP contribution in [0.4, 0.5) is 11.4 Å². The van der Waals surface area contributed by atoms with Gasteiger partial charge < -0.3 is 20.9 Å². The molecule has 2 rings (SSSR count). The van der Waals surface area contributed by atoms with Crippen molar-refractivity contribution in [1.82, 2.24) is 0 Å². The predicted molar refractivity (Wildman–Crippen MR) is 129 cm³/mol. The topological polar surface area (TPSA) is 191 Å². The van der Waals surface area contributed by atoms with Gasteiger partial charge in [-0.15, -0.1) is 0 Å². The summed E-state index contributed by atoms with van der Waals surface area (Å²) in [7, 11) is -9.80. The van der Waals surface area contributed by atoms with Crippen LogP contribution in [0.1, 0.15) is 11.1 Å². The van der Waals surface area contributed by atoms with E-state index >= 15 is 0 Å². The van der Waals surface area contributed by atoms with Crippen molar-refractivity contribution >= 4 is 41.4 Å². The van der Waals surface area contributed by atoms with Crippen molar-refractivity contribution in [2.75, 3.05) is 50.4 Å². The predicted octanol–water partition coefficient (Wildman–Crippen LogP) is 1.01. The van der Waals surface area contributed by atoms with E-state index in [4.69, 9.17) is 20.9 Å². The molecule has 0 aromatic heterocycles. The van der Waals surface area contributed by atoms with Crippen molar-refractivity contribution in [3.8, 4) is 11.5 Å². The number of hydrogen-bond acceptors (Lipinski definition) is 12. The number of sulfone groups is 2. The molecule has 0 aliphatic heterocycles. The van der Waals surface area contributed by atoms with Crippen molar-refractivity contribution in [3.63, 3.8) is 0 Å². The summed E-state index contributed by atoms with van der Waals surface area (Å²) in [6, 6.07) is 5.36. The third-order valence-electron chi connectivity index (χ3n) is 5.12. The Morgan fingerprint density at radius 2 is 1.00 bits per heavy atom. The maximum Gasteiger partial charge on any atom is 0.399 e. The quantitative estimate of drug-likeness (QED) is 0.356. The van der Waals surface area contributed by atoms with E-state index in [1.807, 2.05) is 0 Å². The van der Waals surface area contributed by atoms with Gasteiger partial charge in [-0.05, 0) is 49.2 Å². The number of nitrogens with two attached hydrogens (primary N) is 2. The van der Waals surface area contributed by atoms with Crippen molar-refractivity contribution in [2.45, 2.75) is 23.6 Å². The lowest BCUT2D eigenvalue weighted by atomic mass is 10.2. The second-order valence-electron chi connectivity index (χ2n) is 7.30. The van der Waals surface area contributed by atoms with Gasteiger partial charge >= 0.3 is 10.4 Å². The lowest BCUT2D eigenvalue weighted by Gasteiger charge is -2.13. The molecule has 0 bridgehead atoms. The first-order valence-corrected chi connectivity index (χ1v) is 14.7. The third kappa shape index (κ3) is 6.76. The van der Waals surface area contributed by atoms with Crippen LogP contribution in [0.15, 0.2) is 34.1 Å². The zero-order valence-corrected chi connectivity index (χ0v) is 22.0. The molecule has 0 saturated carbocycles. The molecule has 196 valence electrons. The summed E-state index contributed by atoms with van der Waals surface area (Å²) in [5.41, 5.74) is 12.5. The number of nitrogen functional groups attached to an aromatic ring is 2. The first-order valence-electron chi connectivity index (χ1n) is 10.0. The minimum Gasteiger partial charge on any atom is -0.495 e. The van der Waals surface area contributed by atoms with Crippen LogP contribution in [-0.2, 0) is 38.4 Å². The van der Waals surface area contributed by atoms with Gasteiger partial charge in [0.05, 0.1) is 60.1 Å². The molecule has 12 nitrogen and oxygen atoms in total. The van der Waals surface area contributed by atoms with Crippen LogP contribution in [0.2, 0.25) is 0 Å². The van der Waals surface area contributed by atoms with Crippen molar-refractivity contribution in [1.29, 1.82) is 0 Å². The van der Waals surface area contributed by atoms with Gasteiger partial charge in [0, 0.05) is 0 Å². The van der Waals surface area contributed by atoms with Gasteiger partial charge in [0.25, 0.3) is 0 Å². The van der Waals surface area contributed by atoms with Gasteiger partial charge in [-0.2, -0.15) is 8.42 Å². The van der Waals surface area contributed by atoms with Crippen LogP contribution in [0.25, 0.3) is 0 Å². The van der Waals surface area contributed by atoms with E-state index in [1.165, 1.54) is 52.3 Å². The largest absolute Gasteiger partial charge is 0.495 e. The van der Waals surface area contributed by atoms with Crippen LogP contribution >= 0.6 is 0 Å². The van der Waals surface area contributed by atoms with E-state index in [0.717, 1.165) is 0 Å². The van der Waals surface area contributed by atoms with E-state index in [0.29, 0.717) is 11.5 Å². The Labute approximate surface area is 205 Å². The SMILES string of the molecule is COc1ccc(S(=O)(=O)CCOS(=O)(=O)OCCS(=O)(=O)c2ccc(OC)c(N)c2C)c(C)c1N. The second kappa shape index (κ2) is 11.0. The van der Waals surface area contributed by atoms with E-state index in [1.54, 1.807) is 0 Å². The molecule has 35 heavy (non-hydrogen) atoms. The Hall–Kier alpha value is -2.59. The first kappa shape index (κ1) is 28.6. The molecule has 15 heteroatoms. The zero-order chi connectivity index (χ0) is 26.6. The number of ether oxygens (including phenoxy) is 2. The molecule has 2 aromatic carbocycles. The monoisotopic (exact) mass is 552 g/mol. The number of hydrogen-bond donors (Lipinski definition) is 2. The first-order chi connectivity index (χ1) is 16.2. The molecule has 0 spiro atoms. The fourth-order valence-electron chi connectivity index (χ4n) is 3.14. The maximum atomic E-state index is 12.6. The Morgan fingerprint density at radius 1 is 0.657 bits per heavy atom. The van der Waals surface area contributed by atoms with E-state index < -0.39 is 54.8 Å². The van der Waals surface area contributed by atoms with Gasteiger partial charge in [-0.3, -0.25) is 0 Å². The summed E-state index contributed by atoms with van der Waals surface area (Å²) >= 11 is 0. The van der Waals surface area contributed by atoms with Gasteiger partial charge in [-0.25, -0.2) is 25.2 Å². The minimum absolute atomic E-state index is 0.0991. The maximum absolute atomic E-state index is 12.6. The van der Waals surface area contributed by atoms with E-state index in [9.17, 15) is 25.3 Å². The lowest BCUT2D eigenvalue weighted by Crippen LogP contribution is -2.21. The van der Waals surface area contributed by atoms with Crippen LogP contribution in [0.3, 0.4) is 0 Å². The zero-order valence-electron chi connectivity index (χ0n) is 19.6. The molecular formula is C20H28N2O10S3. The average Bonchev–Trinajstić information content (AvgIpc) is 2.76. The summed E-state index contributed by atoms with van der Waals surface area (Å²) in [6.07, 6.45) is 0. The minimum atomic E-state index is -4.67. The molecule has 0 heterocycles. The number of anilines is 2. The summed E-state index contributed by atoms with van der Waals surface area (Å²) in [5, 5.41) is 0. The van der Waals surface area contributed by atoms with Gasteiger partial charge in [0.1, 0.15) is 11.5 Å². The molecule has 0 radical (unpaired) electrons. The van der Waals surface area contributed by atoms with Crippen molar-refractivity contribution in [2.24, 2.45) is 0 Å². The molecule has 0 amide bonds. The molecule has 0 saturated heterocycles. The van der Waals surface area contributed by atoms with Gasteiger partial charge in [-0.1, -0.05) is 0 Å². The highest BCUT2D eigenvalue weighted by Gasteiger charge is 2.24. The highest BCUT2D eigenvalue weighted by Crippen LogP contribution is 2.31. The Bertz CT molecular complexity index is 1300. The van der Waals surface area contributed by atoms with Crippen LogP contribution in [0, 0.1) is 13.8 Å². The highest BCUT2D eigenvalue weighted by atomic mass is 32.3. The summed E-state index contributed by atoms with van der Waals surface area (Å²) in [5.74, 6) is -0.775. The third-order valence-corrected chi connectivity index (χ3v) is 9.66. The Kier molecular flexibility index (Phi) is 8.99. The number of rotatable bonds is 12. The van der Waals surface area contributed by atoms with Gasteiger partial charge in [0.2, 0.25) is 0 Å². The number of benzene rings is 2. The number of methoxy groups -OCH3 is 2. The molecule has 0 aliphatic carbocycles. The lowest BCUT2D eigenvalue weighted by molar-refractivity contribution is 0.232. The smallest absolute Gasteiger partial charge is 0.399 e. The molecule has 0 unspecified atom stereocenters. The molecule has 2 aromatic rings. The molecule has 0 aliphatic rings. The van der Waals surface area contributed by atoms with E-state index in [2.05, 4.69) is 8.37 Å². The Morgan fingerprint density at radius 3 is 1.31 bits per heavy atom.